The fourth-order valence-corrected chi connectivity index (χ4v) is 2.99. The number of phosphoric acid groups is 1. The van der Waals surface area contributed by atoms with E-state index in [9.17, 15) is 23.7 Å². The number of hydrogen-bond acceptors (Lipinski definition) is 5. The third-order valence-corrected chi connectivity index (χ3v) is 4.29. The molecule has 0 unspecified atom stereocenters. The molecule has 0 heterocycles. The van der Waals surface area contributed by atoms with E-state index in [0.717, 1.165) is 4.90 Å². The van der Waals surface area contributed by atoms with Crippen molar-refractivity contribution in [1.29, 1.82) is 0 Å². The smallest absolute Gasteiger partial charge is 0.480 e. The quantitative estimate of drug-likeness (QED) is 0.520. The van der Waals surface area contributed by atoms with Gasteiger partial charge in [0.15, 0.2) is 0 Å². The Hall–Kier alpha value is -2.94. The van der Waals surface area contributed by atoms with Crippen LogP contribution in [0, 0.1) is 0 Å². The van der Waals surface area contributed by atoms with Crippen molar-refractivity contribution in [1.82, 2.24) is 4.90 Å². The first-order valence-corrected chi connectivity index (χ1v) is 9.83. The van der Waals surface area contributed by atoms with Gasteiger partial charge in [0.25, 0.3) is 0 Å². The monoisotopic (exact) mass is 427 g/mol. The van der Waals surface area contributed by atoms with Gasteiger partial charge < -0.3 is 14.4 Å². The van der Waals surface area contributed by atoms with Crippen molar-refractivity contribution in [2.45, 2.75) is 19.0 Å². The Morgan fingerprint density at radius 2 is 1.66 bits per heavy atom. The zero-order valence-corrected chi connectivity index (χ0v) is 15.9. The summed E-state index contributed by atoms with van der Waals surface area (Å²) < 4.78 is 32.2. The summed E-state index contributed by atoms with van der Waals surface area (Å²) >= 11 is 0. The molecule has 0 aliphatic rings. The van der Waals surface area contributed by atoms with Gasteiger partial charge in [0, 0.05) is 13.0 Å². The summed E-state index contributed by atoms with van der Waals surface area (Å²) in [7, 11) is -4.72. The molecule has 0 aliphatic carbocycles. The lowest BCUT2D eigenvalue weighted by Gasteiger charge is -2.28. The van der Waals surface area contributed by atoms with Gasteiger partial charge in [0.1, 0.15) is 11.8 Å². The predicted octanol–water partition coefficient (Wildman–Crippen LogP) is 2.72. The number of hydrogen-bond donors (Lipinski definition) is 3. The minimum atomic E-state index is -4.72. The van der Waals surface area contributed by atoms with Gasteiger partial charge in [-0.3, -0.25) is 14.7 Å². The van der Waals surface area contributed by atoms with Crippen molar-refractivity contribution in [3.63, 3.8) is 0 Å². The molecule has 2 rings (SSSR count). The van der Waals surface area contributed by atoms with Crippen molar-refractivity contribution in [3.05, 3.63) is 65.7 Å². The standard InChI is InChI=1S/C18H19FNO8P/c19-12-27-18(23)20(11-14-4-2-1-3-5-14)16(17(21)22)10-13-6-8-15(9-7-13)28-29(24,25)26/h1-9,16H,10-12H2,(H,21,22)(H2,24,25,26)/t16-/m0/s1. The normalized spacial score (nSPS) is 12.1. The topological polar surface area (TPSA) is 134 Å². The van der Waals surface area contributed by atoms with Crippen LogP contribution in [0.3, 0.4) is 0 Å². The highest BCUT2D eigenvalue weighted by molar-refractivity contribution is 7.46. The van der Waals surface area contributed by atoms with Crippen molar-refractivity contribution in [2.24, 2.45) is 0 Å². The van der Waals surface area contributed by atoms with Crippen molar-refractivity contribution in [3.8, 4) is 5.75 Å². The number of amides is 1. The molecule has 3 N–H and O–H groups in total. The number of aliphatic carboxylic acids is 1. The first-order valence-electron chi connectivity index (χ1n) is 8.30. The van der Waals surface area contributed by atoms with Crippen molar-refractivity contribution in [2.75, 3.05) is 6.86 Å². The Labute approximate surface area is 165 Å². The first kappa shape index (κ1) is 22.4. The molecule has 156 valence electrons. The highest BCUT2D eigenvalue weighted by Crippen LogP contribution is 2.37. The van der Waals surface area contributed by atoms with Gasteiger partial charge in [0.05, 0.1) is 0 Å². The fourth-order valence-electron chi connectivity index (χ4n) is 2.59. The maximum Gasteiger partial charge on any atom is 0.524 e. The molecule has 0 bridgehead atoms. The summed E-state index contributed by atoms with van der Waals surface area (Å²) in [6.07, 6.45) is -1.27. The molecule has 0 saturated carbocycles. The van der Waals surface area contributed by atoms with Crippen LogP contribution in [-0.2, 0) is 27.1 Å². The van der Waals surface area contributed by atoms with E-state index in [0.29, 0.717) is 11.1 Å². The minimum Gasteiger partial charge on any atom is -0.480 e. The number of halogens is 1. The lowest BCUT2D eigenvalue weighted by atomic mass is 10.0. The Balaban J connectivity index is 2.24. The Morgan fingerprint density at radius 3 is 2.17 bits per heavy atom. The van der Waals surface area contributed by atoms with Crippen LogP contribution < -0.4 is 4.52 Å². The van der Waals surface area contributed by atoms with E-state index in [-0.39, 0.29) is 18.7 Å². The largest absolute Gasteiger partial charge is 0.524 e. The maximum absolute atomic E-state index is 12.5. The van der Waals surface area contributed by atoms with Crippen LogP contribution >= 0.6 is 7.82 Å². The lowest BCUT2D eigenvalue weighted by Crippen LogP contribution is -2.46. The molecule has 29 heavy (non-hydrogen) atoms. The van der Waals surface area contributed by atoms with E-state index in [1.54, 1.807) is 30.3 Å². The number of carboxylic acid groups (broad SMARTS) is 1. The number of nitrogens with zero attached hydrogens (tertiary/aromatic N) is 1. The van der Waals surface area contributed by atoms with Gasteiger partial charge in [-0.05, 0) is 23.3 Å². The summed E-state index contributed by atoms with van der Waals surface area (Å²) in [4.78, 5) is 42.5. The van der Waals surface area contributed by atoms with Gasteiger partial charge in [0.2, 0.25) is 6.86 Å². The molecule has 2 aromatic carbocycles. The second-order valence-electron chi connectivity index (χ2n) is 5.92. The van der Waals surface area contributed by atoms with E-state index >= 15 is 0 Å². The van der Waals surface area contributed by atoms with Crippen molar-refractivity contribution < 1.29 is 42.7 Å². The van der Waals surface area contributed by atoms with Crippen LogP contribution in [0.5, 0.6) is 5.75 Å². The highest BCUT2D eigenvalue weighted by Gasteiger charge is 2.31. The van der Waals surface area contributed by atoms with Gasteiger partial charge in [-0.1, -0.05) is 42.5 Å². The summed E-state index contributed by atoms with van der Waals surface area (Å²) in [6.45, 7) is -1.51. The van der Waals surface area contributed by atoms with Crippen molar-refractivity contribution >= 4 is 19.9 Å². The molecule has 0 fully saturated rings. The van der Waals surface area contributed by atoms with Crippen LogP contribution in [0.1, 0.15) is 11.1 Å². The van der Waals surface area contributed by atoms with Crippen LogP contribution in [0.15, 0.2) is 54.6 Å². The molecular weight excluding hydrogens is 408 g/mol. The lowest BCUT2D eigenvalue weighted by molar-refractivity contribution is -0.143. The summed E-state index contributed by atoms with van der Waals surface area (Å²) in [6, 6.07) is 12.5. The van der Waals surface area contributed by atoms with E-state index < -0.39 is 32.8 Å². The highest BCUT2D eigenvalue weighted by atomic mass is 31.2. The molecule has 0 aromatic heterocycles. The summed E-state index contributed by atoms with van der Waals surface area (Å²) in [5.74, 6) is -1.43. The van der Waals surface area contributed by atoms with Crippen LogP contribution in [0.25, 0.3) is 0 Å². The molecule has 11 heteroatoms. The fraction of sp³-hybridized carbons (Fsp3) is 0.222. The molecule has 2 aromatic rings. The molecule has 1 atom stereocenters. The first-order chi connectivity index (χ1) is 13.7. The van der Waals surface area contributed by atoms with Gasteiger partial charge in [-0.2, -0.15) is 0 Å². The van der Waals surface area contributed by atoms with Crippen LogP contribution in [-0.4, -0.2) is 44.8 Å². The average molecular weight is 427 g/mol. The summed E-state index contributed by atoms with van der Waals surface area (Å²) in [5.41, 5.74) is 1.07. The van der Waals surface area contributed by atoms with Gasteiger partial charge in [-0.15, -0.1) is 0 Å². The number of benzene rings is 2. The van der Waals surface area contributed by atoms with Crippen LogP contribution in [0.4, 0.5) is 9.18 Å². The molecular formula is C18H19FNO8P. The zero-order valence-electron chi connectivity index (χ0n) is 15.1. The number of alkyl halides is 1. The van der Waals surface area contributed by atoms with Crippen LogP contribution in [0.2, 0.25) is 0 Å². The van der Waals surface area contributed by atoms with E-state index in [4.69, 9.17) is 9.79 Å². The Morgan fingerprint density at radius 1 is 1.03 bits per heavy atom. The number of carboxylic acids is 1. The number of phosphoric ester groups is 1. The molecule has 0 saturated heterocycles. The second kappa shape index (κ2) is 10.0. The third kappa shape index (κ3) is 7.19. The Bertz CT molecular complexity index is 871. The molecule has 1 amide bonds. The average Bonchev–Trinajstić information content (AvgIpc) is 2.65. The van der Waals surface area contributed by atoms with Gasteiger partial charge in [-0.25, -0.2) is 18.5 Å². The summed E-state index contributed by atoms with van der Waals surface area (Å²) in [5, 5.41) is 9.64. The minimum absolute atomic E-state index is 0.105. The number of rotatable bonds is 9. The van der Waals surface area contributed by atoms with E-state index in [2.05, 4.69) is 9.26 Å². The second-order valence-corrected chi connectivity index (χ2v) is 7.08. The number of ether oxygens (including phenoxy) is 1. The SMILES string of the molecule is O=C(O)[C@H](Cc1ccc(OP(=O)(O)O)cc1)N(Cc1ccccc1)C(=O)OCF. The Kier molecular flexibility index (Phi) is 7.72. The maximum atomic E-state index is 12.5. The molecule has 0 radical (unpaired) electrons. The van der Waals surface area contributed by atoms with E-state index in [1.165, 1.54) is 24.3 Å². The zero-order chi connectivity index (χ0) is 21.4. The van der Waals surface area contributed by atoms with Gasteiger partial charge >= 0.3 is 19.9 Å². The predicted molar refractivity (Wildman–Crippen MR) is 98.7 cm³/mol. The molecule has 0 spiro atoms. The number of carbonyl (C=O) groups excluding carboxylic acids is 1. The van der Waals surface area contributed by atoms with E-state index in [1.807, 2.05) is 0 Å². The molecule has 9 nitrogen and oxygen atoms in total. The molecule has 0 aliphatic heterocycles. The third-order valence-electron chi connectivity index (χ3n) is 3.85. The number of carbonyl (C=O) groups is 2.